The first kappa shape index (κ1) is 6.39. The Kier molecular flexibility index (Phi) is 1.21. The standard InChI is InChI=1S/C7H9N3O/c1-10-3-2-8-7(10)5-4-6(5)9-11/h2-3,5,11H,4H2,1H3/b9-6+/t5-/m0/s1. The zero-order valence-electron chi connectivity index (χ0n) is 6.23. The minimum Gasteiger partial charge on any atom is -0.411 e. The summed E-state index contributed by atoms with van der Waals surface area (Å²) in [6.45, 7) is 0. The van der Waals surface area contributed by atoms with Gasteiger partial charge >= 0.3 is 0 Å². The van der Waals surface area contributed by atoms with E-state index in [1.165, 1.54) is 0 Å². The fraction of sp³-hybridized carbons (Fsp3) is 0.429. The van der Waals surface area contributed by atoms with E-state index in [1.807, 2.05) is 17.8 Å². The van der Waals surface area contributed by atoms with Gasteiger partial charge in [0.15, 0.2) is 0 Å². The smallest absolute Gasteiger partial charge is 0.117 e. The Bertz CT molecular complexity index is 302. The number of aromatic nitrogens is 2. The van der Waals surface area contributed by atoms with E-state index in [-0.39, 0.29) is 5.92 Å². The molecule has 4 nitrogen and oxygen atoms in total. The molecule has 1 N–H and O–H groups in total. The van der Waals surface area contributed by atoms with Crippen molar-refractivity contribution in [3.05, 3.63) is 18.2 Å². The maximum atomic E-state index is 8.42. The van der Waals surface area contributed by atoms with Crippen LogP contribution in [0.4, 0.5) is 0 Å². The van der Waals surface area contributed by atoms with Gasteiger partial charge in [0.25, 0.3) is 0 Å². The summed E-state index contributed by atoms with van der Waals surface area (Å²) in [5, 5.41) is 11.6. The predicted molar refractivity (Wildman–Crippen MR) is 39.8 cm³/mol. The van der Waals surface area contributed by atoms with Crippen LogP contribution >= 0.6 is 0 Å². The summed E-state index contributed by atoms with van der Waals surface area (Å²) in [4.78, 5) is 4.15. The minimum absolute atomic E-state index is 0.264. The number of rotatable bonds is 1. The van der Waals surface area contributed by atoms with Gasteiger partial charge in [-0.3, -0.25) is 0 Å². The molecule has 0 aromatic carbocycles. The molecule has 1 heterocycles. The second-order valence-electron chi connectivity index (χ2n) is 2.74. The maximum absolute atomic E-state index is 8.42. The first-order valence-electron chi connectivity index (χ1n) is 3.51. The first-order chi connectivity index (χ1) is 5.33. The highest BCUT2D eigenvalue weighted by atomic mass is 16.4. The van der Waals surface area contributed by atoms with E-state index >= 15 is 0 Å². The second kappa shape index (κ2) is 2.08. The van der Waals surface area contributed by atoms with Crippen LogP contribution in [0.3, 0.4) is 0 Å². The maximum Gasteiger partial charge on any atom is 0.117 e. The van der Waals surface area contributed by atoms with Gasteiger partial charge < -0.3 is 9.77 Å². The molecule has 1 aliphatic carbocycles. The molecular weight excluding hydrogens is 142 g/mol. The molecule has 0 saturated heterocycles. The van der Waals surface area contributed by atoms with Gasteiger partial charge in [0, 0.05) is 25.9 Å². The van der Waals surface area contributed by atoms with Gasteiger partial charge in [-0.2, -0.15) is 0 Å². The van der Waals surface area contributed by atoms with Crippen molar-refractivity contribution in [2.75, 3.05) is 0 Å². The number of imidazole rings is 1. The third kappa shape index (κ3) is 0.906. The molecule has 1 aromatic rings. The van der Waals surface area contributed by atoms with Crippen LogP contribution in [0, 0.1) is 0 Å². The second-order valence-corrected chi connectivity index (χ2v) is 2.74. The fourth-order valence-electron chi connectivity index (χ4n) is 1.21. The fourth-order valence-corrected chi connectivity index (χ4v) is 1.21. The van der Waals surface area contributed by atoms with Crippen molar-refractivity contribution in [2.45, 2.75) is 12.3 Å². The van der Waals surface area contributed by atoms with Crippen molar-refractivity contribution in [3.8, 4) is 0 Å². The molecule has 1 aromatic heterocycles. The molecule has 0 bridgehead atoms. The Morgan fingerprint density at radius 1 is 1.82 bits per heavy atom. The van der Waals surface area contributed by atoms with Crippen LogP contribution in [-0.2, 0) is 7.05 Å². The number of hydrogen-bond donors (Lipinski definition) is 1. The van der Waals surface area contributed by atoms with Crippen LogP contribution in [0.1, 0.15) is 18.2 Å². The highest BCUT2D eigenvalue weighted by molar-refractivity contribution is 6.04. The normalized spacial score (nSPS) is 25.9. The van der Waals surface area contributed by atoms with Crippen LogP contribution in [0.15, 0.2) is 17.5 Å². The summed E-state index contributed by atoms with van der Waals surface area (Å²) in [6.07, 6.45) is 4.49. The van der Waals surface area contributed by atoms with Gasteiger partial charge in [0.1, 0.15) is 5.82 Å². The molecule has 1 atom stereocenters. The Hall–Kier alpha value is -1.32. The highest BCUT2D eigenvalue weighted by Crippen LogP contribution is 2.35. The average Bonchev–Trinajstić information content (AvgIpc) is 2.68. The number of oxime groups is 1. The van der Waals surface area contributed by atoms with Crippen molar-refractivity contribution in [2.24, 2.45) is 12.2 Å². The van der Waals surface area contributed by atoms with Crippen molar-refractivity contribution < 1.29 is 5.21 Å². The largest absolute Gasteiger partial charge is 0.411 e. The lowest BCUT2D eigenvalue weighted by Crippen LogP contribution is -1.95. The van der Waals surface area contributed by atoms with Crippen molar-refractivity contribution in [3.63, 3.8) is 0 Å². The molecule has 2 rings (SSSR count). The van der Waals surface area contributed by atoms with Crippen LogP contribution in [-0.4, -0.2) is 20.5 Å². The van der Waals surface area contributed by atoms with E-state index in [1.54, 1.807) is 6.20 Å². The molecular formula is C7H9N3O. The molecule has 1 saturated carbocycles. The van der Waals surface area contributed by atoms with Crippen molar-refractivity contribution >= 4 is 5.71 Å². The molecule has 0 amide bonds. The van der Waals surface area contributed by atoms with Crippen LogP contribution < -0.4 is 0 Å². The van der Waals surface area contributed by atoms with Crippen LogP contribution in [0.2, 0.25) is 0 Å². The summed E-state index contributed by atoms with van der Waals surface area (Å²) >= 11 is 0. The number of hydrogen-bond acceptors (Lipinski definition) is 3. The molecule has 1 fully saturated rings. The zero-order chi connectivity index (χ0) is 7.84. The summed E-state index contributed by atoms with van der Waals surface area (Å²) < 4.78 is 1.95. The topological polar surface area (TPSA) is 50.4 Å². The number of aryl methyl sites for hydroxylation is 1. The molecule has 1 aliphatic rings. The quantitative estimate of drug-likeness (QED) is 0.475. The molecule has 0 unspecified atom stereocenters. The monoisotopic (exact) mass is 151 g/mol. The average molecular weight is 151 g/mol. The van der Waals surface area contributed by atoms with Crippen molar-refractivity contribution in [1.29, 1.82) is 0 Å². The molecule has 0 radical (unpaired) electrons. The van der Waals surface area contributed by atoms with Gasteiger partial charge in [0.2, 0.25) is 0 Å². The van der Waals surface area contributed by atoms with Gasteiger partial charge in [-0.1, -0.05) is 5.16 Å². The van der Waals surface area contributed by atoms with Gasteiger partial charge in [0.05, 0.1) is 11.6 Å². The van der Waals surface area contributed by atoms with Gasteiger partial charge in [-0.05, 0) is 0 Å². The zero-order valence-corrected chi connectivity index (χ0v) is 6.23. The lowest BCUT2D eigenvalue weighted by molar-refractivity contribution is 0.320. The van der Waals surface area contributed by atoms with E-state index in [2.05, 4.69) is 10.1 Å². The van der Waals surface area contributed by atoms with E-state index in [0.717, 1.165) is 18.0 Å². The Morgan fingerprint density at radius 3 is 3.09 bits per heavy atom. The van der Waals surface area contributed by atoms with Crippen LogP contribution in [0.25, 0.3) is 0 Å². The number of nitrogens with zero attached hydrogens (tertiary/aromatic N) is 3. The van der Waals surface area contributed by atoms with Gasteiger partial charge in [-0.15, -0.1) is 0 Å². The summed E-state index contributed by atoms with van der Waals surface area (Å²) in [5.41, 5.74) is 0.833. The summed E-state index contributed by atoms with van der Waals surface area (Å²) in [7, 11) is 1.94. The van der Waals surface area contributed by atoms with E-state index in [0.29, 0.717) is 0 Å². The molecule has 58 valence electrons. The van der Waals surface area contributed by atoms with Gasteiger partial charge in [-0.25, -0.2) is 4.98 Å². The molecule has 11 heavy (non-hydrogen) atoms. The lowest BCUT2D eigenvalue weighted by atomic mass is 10.4. The Morgan fingerprint density at radius 2 is 2.64 bits per heavy atom. The van der Waals surface area contributed by atoms with E-state index < -0.39 is 0 Å². The van der Waals surface area contributed by atoms with E-state index in [4.69, 9.17) is 5.21 Å². The van der Waals surface area contributed by atoms with Crippen molar-refractivity contribution in [1.82, 2.24) is 9.55 Å². The molecule has 0 aliphatic heterocycles. The lowest BCUT2D eigenvalue weighted by Gasteiger charge is -1.94. The SMILES string of the molecule is Cn1ccnc1[C@H]1C/C1=N\O. The molecule has 0 spiro atoms. The molecule has 4 heteroatoms. The Balaban J connectivity index is 2.26. The highest BCUT2D eigenvalue weighted by Gasteiger charge is 2.37. The van der Waals surface area contributed by atoms with E-state index in [9.17, 15) is 0 Å². The third-order valence-corrected chi connectivity index (χ3v) is 1.95. The summed E-state index contributed by atoms with van der Waals surface area (Å²) in [6, 6.07) is 0. The Labute approximate surface area is 64.2 Å². The van der Waals surface area contributed by atoms with Crippen LogP contribution in [0.5, 0.6) is 0 Å². The predicted octanol–water partition coefficient (Wildman–Crippen LogP) is 0.738. The summed E-state index contributed by atoms with van der Waals surface area (Å²) in [5.74, 6) is 1.25. The third-order valence-electron chi connectivity index (χ3n) is 1.95. The first-order valence-corrected chi connectivity index (χ1v) is 3.51. The minimum atomic E-state index is 0.264.